The summed E-state index contributed by atoms with van der Waals surface area (Å²) in [5.41, 5.74) is 7.02. The molecule has 2 heterocycles. The van der Waals surface area contributed by atoms with Crippen LogP contribution in [0.1, 0.15) is 40.1 Å². The molecule has 1 aromatic rings. The smallest absolute Gasteiger partial charge is 0.309 e. The normalized spacial score (nSPS) is 22.3. The van der Waals surface area contributed by atoms with Crippen LogP contribution in [-0.2, 0) is 27.2 Å². The number of carbonyl (C=O) groups excluding carboxylic acids is 3. The molecule has 4 N–H and O–H groups in total. The summed E-state index contributed by atoms with van der Waals surface area (Å²) in [6.45, 7) is 1.85. The molecule has 3 rings (SSSR count). The molecule has 0 bridgehead atoms. The van der Waals surface area contributed by atoms with E-state index in [2.05, 4.69) is 5.32 Å². The summed E-state index contributed by atoms with van der Waals surface area (Å²) in [5, 5.41) is 3.47. The van der Waals surface area contributed by atoms with Gasteiger partial charge in [0.2, 0.25) is 0 Å². The van der Waals surface area contributed by atoms with Crippen molar-refractivity contribution in [3.8, 4) is 0 Å². The Morgan fingerprint density at radius 1 is 1.28 bits per heavy atom. The second kappa shape index (κ2) is 7.53. The number of aryl methyl sites for hydroxylation is 1. The Labute approximate surface area is 150 Å². The van der Waals surface area contributed by atoms with Gasteiger partial charge >= 0.3 is 5.97 Å². The predicted octanol–water partition coefficient (Wildman–Crippen LogP) is -0.258. The van der Waals surface area contributed by atoms with Crippen molar-refractivity contribution in [3.63, 3.8) is 0 Å². The Kier molecular flexibility index (Phi) is 5.39. The minimum atomic E-state index is -0.471. The Balaban J connectivity index is 1.57. The Bertz CT molecular complexity index is 692. The molecule has 0 atom stereocenters. The molecule has 1 fully saturated rings. The molecule has 0 aromatic carbocycles. The van der Waals surface area contributed by atoms with Crippen LogP contribution in [0.25, 0.3) is 0 Å². The average Bonchev–Trinajstić information content (AvgIpc) is 3.14. The first-order valence-corrected chi connectivity index (χ1v) is 9.46. The molecule has 0 radical (unpaired) electrons. The first-order chi connectivity index (χ1) is 12.0. The molecule has 1 aromatic heterocycles. The van der Waals surface area contributed by atoms with Gasteiger partial charge in [0, 0.05) is 17.7 Å². The van der Waals surface area contributed by atoms with Gasteiger partial charge in [0.1, 0.15) is 5.00 Å². The molecule has 0 saturated carbocycles. The van der Waals surface area contributed by atoms with Crippen LogP contribution in [0.15, 0.2) is 0 Å². The number of ether oxygens (including phenoxy) is 1. The van der Waals surface area contributed by atoms with E-state index in [0.29, 0.717) is 17.1 Å². The third-order valence-corrected chi connectivity index (χ3v) is 6.27. The van der Waals surface area contributed by atoms with Crippen molar-refractivity contribution in [1.29, 1.82) is 0 Å². The number of thiophene rings is 1. The summed E-state index contributed by atoms with van der Waals surface area (Å²) in [6, 6.07) is 0. The van der Waals surface area contributed by atoms with Crippen LogP contribution in [0.2, 0.25) is 0 Å². The van der Waals surface area contributed by atoms with E-state index >= 15 is 0 Å². The maximum absolute atomic E-state index is 12.4. The third-order valence-electron chi connectivity index (χ3n) is 5.06. The zero-order valence-electron chi connectivity index (χ0n) is 14.4. The summed E-state index contributed by atoms with van der Waals surface area (Å²) >= 11 is 1.47. The molecule has 0 unspecified atom stereocenters. The summed E-state index contributed by atoms with van der Waals surface area (Å²) < 4.78 is 4.78. The van der Waals surface area contributed by atoms with Crippen LogP contribution in [0, 0.1) is 5.92 Å². The number of hydrogen-bond acceptors (Lipinski definition) is 5. The fraction of sp³-hybridized carbons (Fsp3) is 0.588. The van der Waals surface area contributed by atoms with Crippen LogP contribution in [0.3, 0.4) is 0 Å². The monoisotopic (exact) mass is 366 g/mol. The number of esters is 1. The molecule has 7 nitrogen and oxygen atoms in total. The molecule has 0 spiro atoms. The number of carbonyl (C=O) groups is 3. The van der Waals surface area contributed by atoms with Crippen LogP contribution < -0.4 is 16.0 Å². The van der Waals surface area contributed by atoms with Crippen LogP contribution in [0.5, 0.6) is 0 Å². The number of anilines is 1. The number of quaternary nitrogens is 1. The first kappa shape index (κ1) is 17.9. The number of fused-ring (bicyclic) bond motifs is 1. The first-order valence-electron chi connectivity index (χ1n) is 8.65. The van der Waals surface area contributed by atoms with Gasteiger partial charge in [-0.15, -0.1) is 11.3 Å². The van der Waals surface area contributed by atoms with E-state index < -0.39 is 5.91 Å². The van der Waals surface area contributed by atoms with Gasteiger partial charge < -0.3 is 20.7 Å². The fourth-order valence-electron chi connectivity index (χ4n) is 3.76. The molecular weight excluding hydrogens is 342 g/mol. The summed E-state index contributed by atoms with van der Waals surface area (Å²) in [6.07, 6.45) is 4.30. The number of piperidine rings is 1. The van der Waals surface area contributed by atoms with Gasteiger partial charge in [0.15, 0.2) is 6.54 Å². The SMILES string of the molecule is COC(=O)C1CC[NH+](CC(=O)Nc2sc3c(c2C(N)=O)CCC3)CC1. The van der Waals surface area contributed by atoms with Gasteiger partial charge in [0.25, 0.3) is 11.8 Å². The topological polar surface area (TPSA) is 103 Å². The van der Waals surface area contributed by atoms with Gasteiger partial charge in [-0.25, -0.2) is 0 Å². The molecule has 2 amide bonds. The highest BCUT2D eigenvalue weighted by atomic mass is 32.1. The van der Waals surface area contributed by atoms with Gasteiger partial charge in [0.05, 0.1) is 31.7 Å². The van der Waals surface area contributed by atoms with Gasteiger partial charge in [-0.05, 0) is 24.8 Å². The molecule has 136 valence electrons. The van der Waals surface area contributed by atoms with Crippen molar-refractivity contribution in [2.24, 2.45) is 11.7 Å². The third kappa shape index (κ3) is 3.85. The maximum Gasteiger partial charge on any atom is 0.309 e. The minimum absolute atomic E-state index is 0.0569. The zero-order chi connectivity index (χ0) is 18.0. The maximum atomic E-state index is 12.4. The van der Waals surface area contributed by atoms with Crippen LogP contribution in [-0.4, -0.2) is 44.5 Å². The second-order valence-electron chi connectivity index (χ2n) is 6.70. The van der Waals surface area contributed by atoms with Gasteiger partial charge in [-0.1, -0.05) is 0 Å². The van der Waals surface area contributed by atoms with Crippen LogP contribution in [0.4, 0.5) is 5.00 Å². The molecule has 25 heavy (non-hydrogen) atoms. The van der Waals surface area contributed by atoms with Crippen molar-refractivity contribution in [3.05, 3.63) is 16.0 Å². The standard InChI is InChI=1S/C17H23N3O4S/c1-24-17(23)10-5-7-20(8-6-10)9-13(21)19-16-14(15(18)22)11-3-2-4-12(11)25-16/h10H,2-9H2,1H3,(H2,18,22)(H,19,21)/p+1. The molecule has 2 aliphatic rings. The highest BCUT2D eigenvalue weighted by Crippen LogP contribution is 2.38. The van der Waals surface area contributed by atoms with Gasteiger partial charge in [-0.2, -0.15) is 0 Å². The number of nitrogens with one attached hydrogen (secondary N) is 2. The minimum Gasteiger partial charge on any atom is -0.469 e. The Hall–Kier alpha value is -1.93. The van der Waals surface area contributed by atoms with Crippen molar-refractivity contribution >= 4 is 34.1 Å². The zero-order valence-corrected chi connectivity index (χ0v) is 15.2. The van der Waals surface area contributed by atoms with Crippen LogP contribution >= 0.6 is 11.3 Å². The quantitative estimate of drug-likeness (QED) is 0.625. The number of nitrogens with two attached hydrogens (primary N) is 1. The summed E-state index contributed by atoms with van der Waals surface area (Å²) in [5.74, 6) is -0.809. The Morgan fingerprint density at radius 3 is 2.64 bits per heavy atom. The molecule has 8 heteroatoms. The molecule has 1 aliphatic heterocycles. The molecule has 1 aliphatic carbocycles. The van der Waals surface area contributed by atoms with E-state index in [1.54, 1.807) is 0 Å². The lowest BCUT2D eigenvalue weighted by Gasteiger charge is -2.27. The van der Waals surface area contributed by atoms with Crippen molar-refractivity contribution < 1.29 is 24.0 Å². The van der Waals surface area contributed by atoms with E-state index in [9.17, 15) is 14.4 Å². The molecular formula is C17H24N3O4S+. The number of rotatable bonds is 5. The fourth-order valence-corrected chi connectivity index (χ4v) is 5.07. The highest BCUT2D eigenvalue weighted by molar-refractivity contribution is 7.17. The number of primary amides is 1. The molecule has 1 saturated heterocycles. The van der Waals surface area contributed by atoms with Crippen molar-refractivity contribution in [2.45, 2.75) is 32.1 Å². The van der Waals surface area contributed by atoms with Gasteiger partial charge in [-0.3, -0.25) is 14.4 Å². The van der Waals surface area contributed by atoms with E-state index in [4.69, 9.17) is 10.5 Å². The predicted molar refractivity (Wildman–Crippen MR) is 93.8 cm³/mol. The number of likely N-dealkylation sites (tertiary alicyclic amines) is 1. The lowest BCUT2D eigenvalue weighted by Crippen LogP contribution is -3.14. The summed E-state index contributed by atoms with van der Waals surface area (Å²) in [7, 11) is 1.41. The van der Waals surface area contributed by atoms with E-state index in [0.717, 1.165) is 60.5 Å². The van der Waals surface area contributed by atoms with Crippen molar-refractivity contribution in [2.75, 3.05) is 32.1 Å². The largest absolute Gasteiger partial charge is 0.469 e. The average molecular weight is 366 g/mol. The number of hydrogen-bond donors (Lipinski definition) is 3. The lowest BCUT2D eigenvalue weighted by molar-refractivity contribution is -0.897. The highest BCUT2D eigenvalue weighted by Gasteiger charge is 2.30. The van der Waals surface area contributed by atoms with Crippen molar-refractivity contribution in [1.82, 2.24) is 0 Å². The Morgan fingerprint density at radius 2 is 2.00 bits per heavy atom. The van der Waals surface area contributed by atoms with E-state index in [1.165, 1.54) is 18.4 Å². The number of methoxy groups -OCH3 is 1. The van der Waals surface area contributed by atoms with E-state index in [1.807, 2.05) is 0 Å². The number of amides is 2. The van der Waals surface area contributed by atoms with E-state index in [-0.39, 0.29) is 17.8 Å². The lowest BCUT2D eigenvalue weighted by atomic mass is 9.97. The second-order valence-corrected chi connectivity index (χ2v) is 7.80. The summed E-state index contributed by atoms with van der Waals surface area (Å²) in [4.78, 5) is 38.0.